The van der Waals surface area contributed by atoms with E-state index < -0.39 is 28.3 Å². The minimum atomic E-state index is -3.78. The number of aliphatic hydroxyl groups excluding tert-OH is 1. The van der Waals surface area contributed by atoms with Crippen molar-refractivity contribution in [3.63, 3.8) is 0 Å². The molecule has 7 nitrogen and oxygen atoms in total. The average Bonchev–Trinajstić information content (AvgIpc) is 2.36. The summed E-state index contributed by atoms with van der Waals surface area (Å²) in [7, 11) is -3.78. The fraction of sp³-hybridized carbons (Fsp3) is 0.364. The standard InChI is InChI=1S/C11H16N2O5S/c1-8(11(16)12-7-10(14)15)13-19(17,18)9-5-3-2-4-6-9/h2-6,8,10,13-15H,7H2,1H3,(H,12,16). The van der Waals surface area contributed by atoms with Crippen molar-refractivity contribution in [1.29, 1.82) is 0 Å². The maximum absolute atomic E-state index is 11.9. The number of hydrogen-bond donors (Lipinski definition) is 4. The molecule has 0 aliphatic carbocycles. The van der Waals surface area contributed by atoms with Gasteiger partial charge in [0.25, 0.3) is 0 Å². The zero-order valence-electron chi connectivity index (χ0n) is 10.3. The molecule has 0 saturated carbocycles. The first-order chi connectivity index (χ1) is 8.83. The molecule has 0 aromatic heterocycles. The van der Waals surface area contributed by atoms with Gasteiger partial charge in [-0.1, -0.05) is 18.2 Å². The van der Waals surface area contributed by atoms with Crippen LogP contribution in [0.15, 0.2) is 35.2 Å². The molecule has 19 heavy (non-hydrogen) atoms. The Hall–Kier alpha value is -1.48. The van der Waals surface area contributed by atoms with Gasteiger partial charge in [-0.25, -0.2) is 8.42 Å². The van der Waals surface area contributed by atoms with Crippen LogP contribution in [0.4, 0.5) is 0 Å². The van der Waals surface area contributed by atoms with Gasteiger partial charge in [0.05, 0.1) is 17.5 Å². The summed E-state index contributed by atoms with van der Waals surface area (Å²) in [6, 6.07) is 6.61. The summed E-state index contributed by atoms with van der Waals surface area (Å²) in [5.74, 6) is -0.646. The molecule has 106 valence electrons. The Morgan fingerprint density at radius 3 is 2.37 bits per heavy atom. The molecule has 0 radical (unpaired) electrons. The number of nitrogens with one attached hydrogen (secondary N) is 2. The molecule has 0 heterocycles. The molecule has 0 fully saturated rings. The second-order valence-electron chi connectivity index (χ2n) is 3.88. The molecular weight excluding hydrogens is 272 g/mol. The summed E-state index contributed by atoms with van der Waals surface area (Å²) < 4.78 is 26.0. The fourth-order valence-electron chi connectivity index (χ4n) is 1.30. The molecule has 0 aliphatic rings. The lowest BCUT2D eigenvalue weighted by molar-refractivity contribution is -0.124. The van der Waals surface area contributed by atoms with Crippen LogP contribution in [0.2, 0.25) is 0 Å². The molecule has 0 spiro atoms. The monoisotopic (exact) mass is 288 g/mol. The summed E-state index contributed by atoms with van der Waals surface area (Å²) in [6.45, 7) is 0.996. The van der Waals surface area contributed by atoms with E-state index in [0.29, 0.717) is 0 Å². The highest BCUT2D eigenvalue weighted by molar-refractivity contribution is 7.89. The summed E-state index contributed by atoms with van der Waals surface area (Å²) in [6.07, 6.45) is -1.68. The van der Waals surface area contributed by atoms with Crippen LogP contribution in [0, 0.1) is 0 Å². The van der Waals surface area contributed by atoms with Crippen LogP contribution in [0.1, 0.15) is 6.92 Å². The zero-order chi connectivity index (χ0) is 14.5. The molecular formula is C11H16N2O5S. The van der Waals surface area contributed by atoms with Crippen molar-refractivity contribution in [2.24, 2.45) is 0 Å². The van der Waals surface area contributed by atoms with E-state index in [-0.39, 0.29) is 11.4 Å². The van der Waals surface area contributed by atoms with Gasteiger partial charge in [-0.2, -0.15) is 4.72 Å². The first-order valence-electron chi connectivity index (χ1n) is 5.54. The molecule has 1 amide bonds. The molecule has 1 atom stereocenters. The van der Waals surface area contributed by atoms with E-state index in [4.69, 9.17) is 10.2 Å². The van der Waals surface area contributed by atoms with Crippen LogP contribution in [0.3, 0.4) is 0 Å². The van der Waals surface area contributed by atoms with Crippen LogP contribution in [0.5, 0.6) is 0 Å². The number of benzene rings is 1. The third-order valence-electron chi connectivity index (χ3n) is 2.24. The van der Waals surface area contributed by atoms with Gasteiger partial charge in [-0.05, 0) is 19.1 Å². The molecule has 4 N–H and O–H groups in total. The second kappa shape index (κ2) is 6.62. The topological polar surface area (TPSA) is 116 Å². The van der Waals surface area contributed by atoms with E-state index in [2.05, 4.69) is 10.0 Å². The van der Waals surface area contributed by atoms with Gasteiger partial charge in [0, 0.05) is 0 Å². The molecule has 0 saturated heterocycles. The Morgan fingerprint density at radius 1 is 1.26 bits per heavy atom. The summed E-state index contributed by atoms with van der Waals surface area (Å²) in [5, 5.41) is 19.4. The Kier molecular flexibility index (Phi) is 5.43. The van der Waals surface area contributed by atoms with Gasteiger partial charge in [-0.3, -0.25) is 4.79 Å². The van der Waals surface area contributed by atoms with Gasteiger partial charge in [0.1, 0.15) is 0 Å². The van der Waals surface area contributed by atoms with Crippen molar-refractivity contribution < 1.29 is 23.4 Å². The quantitative estimate of drug-likeness (QED) is 0.490. The Morgan fingerprint density at radius 2 is 1.84 bits per heavy atom. The molecule has 1 aromatic rings. The summed E-state index contributed by atoms with van der Waals surface area (Å²) in [5.41, 5.74) is 0. The van der Waals surface area contributed by atoms with Gasteiger partial charge in [0.2, 0.25) is 15.9 Å². The van der Waals surface area contributed by atoms with E-state index in [1.54, 1.807) is 18.2 Å². The molecule has 0 aliphatic heterocycles. The zero-order valence-corrected chi connectivity index (χ0v) is 11.1. The lowest BCUT2D eigenvalue weighted by Crippen LogP contribution is -2.46. The third kappa shape index (κ3) is 4.95. The number of amides is 1. The highest BCUT2D eigenvalue weighted by atomic mass is 32.2. The highest BCUT2D eigenvalue weighted by Crippen LogP contribution is 2.07. The number of sulfonamides is 1. The van der Waals surface area contributed by atoms with Crippen molar-refractivity contribution in [3.8, 4) is 0 Å². The van der Waals surface area contributed by atoms with Crippen LogP contribution in [-0.2, 0) is 14.8 Å². The summed E-state index contributed by atoms with van der Waals surface area (Å²) in [4.78, 5) is 11.5. The highest BCUT2D eigenvalue weighted by Gasteiger charge is 2.21. The molecule has 1 rings (SSSR count). The minimum absolute atomic E-state index is 0.0526. The van der Waals surface area contributed by atoms with Crippen molar-refractivity contribution >= 4 is 15.9 Å². The Bertz CT molecular complexity index is 515. The van der Waals surface area contributed by atoms with Crippen LogP contribution < -0.4 is 10.0 Å². The van der Waals surface area contributed by atoms with Gasteiger partial charge in [0.15, 0.2) is 6.29 Å². The predicted molar refractivity (Wildman–Crippen MR) is 67.5 cm³/mol. The van der Waals surface area contributed by atoms with E-state index in [1.807, 2.05) is 0 Å². The number of rotatable bonds is 6. The van der Waals surface area contributed by atoms with E-state index in [9.17, 15) is 13.2 Å². The molecule has 0 bridgehead atoms. The van der Waals surface area contributed by atoms with Crippen molar-refractivity contribution in [1.82, 2.24) is 10.0 Å². The minimum Gasteiger partial charge on any atom is -0.367 e. The smallest absolute Gasteiger partial charge is 0.241 e. The predicted octanol–water partition coefficient (Wildman–Crippen LogP) is -1.22. The normalized spacial score (nSPS) is 13.3. The van der Waals surface area contributed by atoms with Crippen molar-refractivity contribution in [2.75, 3.05) is 6.54 Å². The van der Waals surface area contributed by atoms with Gasteiger partial charge < -0.3 is 15.5 Å². The van der Waals surface area contributed by atoms with Gasteiger partial charge in [-0.15, -0.1) is 0 Å². The second-order valence-corrected chi connectivity index (χ2v) is 5.60. The van der Waals surface area contributed by atoms with E-state index >= 15 is 0 Å². The Balaban J connectivity index is 2.66. The summed E-state index contributed by atoms with van der Waals surface area (Å²) >= 11 is 0. The molecule has 8 heteroatoms. The number of carbonyl (C=O) groups excluding carboxylic acids is 1. The van der Waals surface area contributed by atoms with Crippen LogP contribution in [0.25, 0.3) is 0 Å². The first kappa shape index (κ1) is 15.6. The molecule has 1 unspecified atom stereocenters. The van der Waals surface area contributed by atoms with E-state index in [1.165, 1.54) is 19.1 Å². The Labute approximate surface area is 111 Å². The SMILES string of the molecule is CC(NS(=O)(=O)c1ccccc1)C(=O)NCC(O)O. The number of aliphatic hydroxyl groups is 2. The average molecular weight is 288 g/mol. The molecule has 1 aromatic carbocycles. The maximum atomic E-state index is 11.9. The van der Waals surface area contributed by atoms with E-state index in [0.717, 1.165) is 0 Å². The number of carbonyl (C=O) groups is 1. The van der Waals surface area contributed by atoms with Crippen molar-refractivity contribution in [2.45, 2.75) is 24.2 Å². The lowest BCUT2D eigenvalue weighted by Gasteiger charge is -2.14. The third-order valence-corrected chi connectivity index (χ3v) is 3.79. The lowest BCUT2D eigenvalue weighted by atomic mass is 10.3. The largest absolute Gasteiger partial charge is 0.367 e. The fourth-order valence-corrected chi connectivity index (χ4v) is 2.52. The van der Waals surface area contributed by atoms with Crippen molar-refractivity contribution in [3.05, 3.63) is 30.3 Å². The van der Waals surface area contributed by atoms with Crippen LogP contribution in [-0.4, -0.2) is 43.4 Å². The van der Waals surface area contributed by atoms with Crippen LogP contribution >= 0.6 is 0 Å². The first-order valence-corrected chi connectivity index (χ1v) is 7.02. The van der Waals surface area contributed by atoms with Gasteiger partial charge >= 0.3 is 0 Å². The maximum Gasteiger partial charge on any atom is 0.241 e. The number of hydrogen-bond acceptors (Lipinski definition) is 5.